The molecule has 1 heterocycles. The third-order valence-corrected chi connectivity index (χ3v) is 3.15. The van der Waals surface area contributed by atoms with Crippen molar-refractivity contribution < 1.29 is 40.6 Å². The van der Waals surface area contributed by atoms with Gasteiger partial charge in [0.15, 0.2) is 11.5 Å². The fourth-order valence-corrected chi connectivity index (χ4v) is 2.13. The third-order valence-electron chi connectivity index (χ3n) is 3.15. The van der Waals surface area contributed by atoms with Gasteiger partial charge >= 0.3 is 12.7 Å². The summed E-state index contributed by atoms with van der Waals surface area (Å²) in [6.45, 7) is 3.02. The Balaban J connectivity index is 2.10. The predicted octanol–water partition coefficient (Wildman–Crippen LogP) is 4.02. The molecule has 0 spiro atoms. The van der Waals surface area contributed by atoms with E-state index in [4.69, 9.17) is 4.74 Å². The summed E-state index contributed by atoms with van der Waals surface area (Å²) in [5.74, 6) is -2.21. The van der Waals surface area contributed by atoms with E-state index < -0.39 is 24.2 Å². The van der Waals surface area contributed by atoms with Crippen LogP contribution in [0.4, 0.5) is 26.3 Å². The van der Waals surface area contributed by atoms with Crippen molar-refractivity contribution >= 4 is 0 Å². The van der Waals surface area contributed by atoms with Gasteiger partial charge in [-0.25, -0.2) is 0 Å². The van der Waals surface area contributed by atoms with Crippen LogP contribution in [0.25, 0.3) is 0 Å². The summed E-state index contributed by atoms with van der Waals surface area (Å²) in [4.78, 5) is 0. The monoisotopic (exact) mass is 358 g/mol. The van der Waals surface area contributed by atoms with Gasteiger partial charge in [-0.3, -0.25) is 0 Å². The Morgan fingerprint density at radius 2 is 1.50 bits per heavy atom. The maximum Gasteiger partial charge on any atom is 0.573 e. The van der Waals surface area contributed by atoms with Crippen molar-refractivity contribution in [3.8, 4) is 17.2 Å². The molecule has 1 fully saturated rings. The quantitative estimate of drug-likeness (QED) is 0.807. The van der Waals surface area contributed by atoms with Crippen molar-refractivity contribution in [2.45, 2.75) is 25.6 Å². The van der Waals surface area contributed by atoms with E-state index in [1.54, 1.807) is 0 Å². The highest BCUT2D eigenvalue weighted by molar-refractivity contribution is 5.46. The number of alkyl halides is 6. The van der Waals surface area contributed by atoms with Crippen LogP contribution < -0.4 is 19.5 Å². The van der Waals surface area contributed by atoms with Crippen molar-refractivity contribution in [2.24, 2.45) is 5.92 Å². The number of ether oxygens (including phenoxy) is 3. The molecule has 0 amide bonds. The van der Waals surface area contributed by atoms with Gasteiger partial charge in [0.1, 0.15) is 12.4 Å². The van der Waals surface area contributed by atoms with Crippen LogP contribution in [0.5, 0.6) is 17.2 Å². The first-order valence-corrected chi connectivity index (χ1v) is 6.99. The number of halogens is 6. The van der Waals surface area contributed by atoms with Crippen LogP contribution in [0.2, 0.25) is 0 Å². The summed E-state index contributed by atoms with van der Waals surface area (Å²) < 4.78 is 86.1. The molecule has 4 nitrogen and oxygen atoms in total. The molecule has 1 aromatic carbocycles. The Bertz CT molecular complexity index is 540. The summed E-state index contributed by atoms with van der Waals surface area (Å²) in [5.41, 5.74) is 0. The van der Waals surface area contributed by atoms with Gasteiger partial charge in [-0.1, -0.05) is 0 Å². The van der Waals surface area contributed by atoms with Crippen molar-refractivity contribution in [2.75, 3.05) is 13.1 Å². The van der Waals surface area contributed by atoms with Gasteiger partial charge in [-0.2, -0.15) is 0 Å². The lowest BCUT2D eigenvalue weighted by Gasteiger charge is -2.22. The smallest absolute Gasteiger partial charge is 0.486 e. The lowest BCUT2D eigenvalue weighted by molar-refractivity contribution is -0.287. The van der Waals surface area contributed by atoms with E-state index >= 15 is 0 Å². The molecule has 1 N–H and O–H groups in total. The highest BCUT2D eigenvalue weighted by atomic mass is 19.4. The fourth-order valence-electron chi connectivity index (χ4n) is 2.13. The summed E-state index contributed by atoms with van der Waals surface area (Å²) in [6, 6.07) is 2.48. The first-order chi connectivity index (χ1) is 11.1. The van der Waals surface area contributed by atoms with Gasteiger partial charge in [-0.05, 0) is 38.1 Å². The molecule has 1 saturated heterocycles. The minimum absolute atomic E-state index is 0.0812. The zero-order valence-corrected chi connectivity index (χ0v) is 12.2. The Kier molecular flexibility index (Phi) is 5.68. The molecule has 1 radical (unpaired) electrons. The van der Waals surface area contributed by atoms with E-state index in [1.807, 2.05) is 0 Å². The van der Waals surface area contributed by atoms with E-state index in [-0.39, 0.29) is 11.7 Å². The Morgan fingerprint density at radius 3 is 2.08 bits per heavy atom. The van der Waals surface area contributed by atoms with Crippen molar-refractivity contribution in [1.29, 1.82) is 0 Å². The number of nitrogens with one attached hydrogen (secondary N) is 1. The summed E-state index contributed by atoms with van der Waals surface area (Å²) in [5, 5.41) is 3.13. The third kappa shape index (κ3) is 6.34. The molecule has 0 unspecified atom stereocenters. The van der Waals surface area contributed by atoms with E-state index in [9.17, 15) is 26.3 Å². The van der Waals surface area contributed by atoms with E-state index in [1.165, 1.54) is 6.61 Å². The zero-order chi connectivity index (χ0) is 17.8. The standard InChI is InChI=1S/C14H14F6NO3/c15-13(16,17)23-11-2-1-10(7-12(11)24-14(18,19)20)22-8-9-3-5-21-6-4-9/h1-2,7-9,21H,3-6H2. The zero-order valence-electron chi connectivity index (χ0n) is 12.2. The Morgan fingerprint density at radius 1 is 0.917 bits per heavy atom. The van der Waals surface area contributed by atoms with Crippen molar-refractivity contribution in [3.63, 3.8) is 0 Å². The summed E-state index contributed by atoms with van der Waals surface area (Å²) in [7, 11) is 0. The molecule has 0 bridgehead atoms. The Labute approximate surface area is 133 Å². The predicted molar refractivity (Wildman–Crippen MR) is 70.3 cm³/mol. The van der Waals surface area contributed by atoms with Crippen LogP contribution in [0.1, 0.15) is 12.8 Å². The van der Waals surface area contributed by atoms with E-state index in [0.717, 1.165) is 32.0 Å². The molecule has 1 aromatic rings. The highest BCUT2D eigenvalue weighted by Gasteiger charge is 2.36. The molecule has 135 valence electrons. The molecule has 1 aliphatic rings. The van der Waals surface area contributed by atoms with Crippen LogP contribution >= 0.6 is 0 Å². The average molecular weight is 358 g/mol. The van der Waals surface area contributed by atoms with Crippen molar-refractivity contribution in [3.05, 3.63) is 24.8 Å². The minimum Gasteiger partial charge on any atom is -0.486 e. The Hall–Kier alpha value is -1.84. The normalized spacial score (nSPS) is 16.8. The van der Waals surface area contributed by atoms with Crippen LogP contribution in [-0.2, 0) is 0 Å². The maximum absolute atomic E-state index is 12.3. The maximum atomic E-state index is 12.3. The molecule has 0 saturated carbocycles. The number of hydrogen-bond donors (Lipinski definition) is 1. The fraction of sp³-hybridized carbons (Fsp3) is 0.500. The molecule has 0 atom stereocenters. The molecular weight excluding hydrogens is 344 g/mol. The molecule has 24 heavy (non-hydrogen) atoms. The molecule has 0 aliphatic carbocycles. The van der Waals surface area contributed by atoms with Gasteiger partial charge < -0.3 is 19.5 Å². The first-order valence-electron chi connectivity index (χ1n) is 6.99. The van der Waals surface area contributed by atoms with Crippen LogP contribution in [0.15, 0.2) is 18.2 Å². The van der Waals surface area contributed by atoms with Crippen LogP contribution in [0, 0.1) is 12.5 Å². The summed E-state index contributed by atoms with van der Waals surface area (Å²) in [6.07, 6.45) is -8.73. The first kappa shape index (κ1) is 18.5. The van der Waals surface area contributed by atoms with Gasteiger partial charge in [-0.15, -0.1) is 26.3 Å². The molecule has 10 heteroatoms. The number of rotatable bonds is 5. The number of piperidine rings is 1. The van der Waals surface area contributed by atoms with Crippen LogP contribution in [-0.4, -0.2) is 25.8 Å². The second-order valence-corrected chi connectivity index (χ2v) is 5.05. The minimum atomic E-state index is -5.17. The lowest BCUT2D eigenvalue weighted by atomic mass is 9.99. The highest BCUT2D eigenvalue weighted by Crippen LogP contribution is 2.38. The average Bonchev–Trinajstić information content (AvgIpc) is 2.46. The lowest BCUT2D eigenvalue weighted by Crippen LogP contribution is -2.28. The van der Waals surface area contributed by atoms with E-state index in [0.29, 0.717) is 12.1 Å². The molecule has 1 aliphatic heterocycles. The molecular formula is C14H14F6NO3. The van der Waals surface area contributed by atoms with Crippen LogP contribution in [0.3, 0.4) is 0 Å². The van der Waals surface area contributed by atoms with Gasteiger partial charge in [0.25, 0.3) is 0 Å². The largest absolute Gasteiger partial charge is 0.573 e. The van der Waals surface area contributed by atoms with Gasteiger partial charge in [0.2, 0.25) is 0 Å². The second kappa shape index (κ2) is 7.37. The topological polar surface area (TPSA) is 39.7 Å². The number of benzene rings is 1. The van der Waals surface area contributed by atoms with Gasteiger partial charge in [0, 0.05) is 12.0 Å². The van der Waals surface area contributed by atoms with Crippen molar-refractivity contribution in [1.82, 2.24) is 5.32 Å². The SMILES string of the molecule is FC(F)(F)Oc1ccc(O[CH]C2CCNCC2)cc1OC(F)(F)F. The molecule has 0 aromatic heterocycles. The summed E-state index contributed by atoms with van der Waals surface area (Å²) >= 11 is 0. The second-order valence-electron chi connectivity index (χ2n) is 5.05. The molecule has 2 rings (SSSR count). The van der Waals surface area contributed by atoms with E-state index in [2.05, 4.69) is 14.8 Å². The number of hydrogen-bond acceptors (Lipinski definition) is 4. The van der Waals surface area contributed by atoms with Gasteiger partial charge in [0.05, 0.1) is 0 Å².